The molecule has 0 aliphatic carbocycles. The first-order chi connectivity index (χ1) is 6.58. The van der Waals surface area contributed by atoms with Gasteiger partial charge in [0.05, 0.1) is 5.38 Å². The molecule has 0 radical (unpaired) electrons. The number of halogens is 2. The zero-order chi connectivity index (χ0) is 10.3. The van der Waals surface area contributed by atoms with Gasteiger partial charge in [-0.15, -0.1) is 22.9 Å². The first-order valence-electron chi connectivity index (χ1n) is 4.15. The Morgan fingerprint density at radius 1 is 1.43 bits per heavy atom. The summed E-state index contributed by atoms with van der Waals surface area (Å²) in [5, 5.41) is 1.19. The fourth-order valence-corrected chi connectivity index (χ4v) is 2.47. The maximum Gasteiger partial charge on any atom is 0.149 e. The molecule has 14 heavy (non-hydrogen) atoms. The lowest BCUT2D eigenvalue weighted by Crippen LogP contribution is -1.94. The molecule has 0 saturated carbocycles. The number of fused-ring (bicyclic) bond motifs is 1. The second-order valence-corrected chi connectivity index (χ2v) is 5.31. The van der Waals surface area contributed by atoms with Gasteiger partial charge >= 0.3 is 0 Å². The van der Waals surface area contributed by atoms with Gasteiger partial charge in [0, 0.05) is 10.3 Å². The molecule has 0 aromatic carbocycles. The summed E-state index contributed by atoms with van der Waals surface area (Å²) >= 11 is 13.5. The van der Waals surface area contributed by atoms with Crippen molar-refractivity contribution < 1.29 is 0 Å². The van der Waals surface area contributed by atoms with Crippen molar-refractivity contribution in [2.45, 2.75) is 19.2 Å². The van der Waals surface area contributed by atoms with E-state index in [1.165, 1.54) is 4.88 Å². The van der Waals surface area contributed by atoms with Crippen LogP contribution in [0.15, 0.2) is 6.07 Å². The van der Waals surface area contributed by atoms with Crippen molar-refractivity contribution in [2.24, 2.45) is 0 Å². The second-order valence-electron chi connectivity index (χ2n) is 3.06. The molecule has 74 valence electrons. The van der Waals surface area contributed by atoms with Crippen LogP contribution in [0.3, 0.4) is 0 Å². The fourth-order valence-electron chi connectivity index (χ4n) is 1.20. The Morgan fingerprint density at radius 3 is 2.79 bits per heavy atom. The van der Waals surface area contributed by atoms with Gasteiger partial charge < -0.3 is 0 Å². The summed E-state index contributed by atoms with van der Waals surface area (Å²) in [5.74, 6) is 0.589. The minimum Gasteiger partial charge on any atom is -0.220 e. The average molecular weight is 247 g/mol. The number of thiophene rings is 1. The molecule has 2 heterocycles. The highest BCUT2D eigenvalue weighted by Crippen LogP contribution is 2.30. The highest BCUT2D eigenvalue weighted by atomic mass is 35.5. The fraction of sp³-hybridized carbons (Fsp3) is 0.333. The highest BCUT2D eigenvalue weighted by molar-refractivity contribution is 7.18. The second kappa shape index (κ2) is 3.65. The standard InChI is InChI=1S/C9H8Cl2N2S/c1-4-3-6-7(11)12-8(5(2)10)13-9(6)14-4/h3,5H,1-2H3. The van der Waals surface area contributed by atoms with Crippen LogP contribution in [0, 0.1) is 6.92 Å². The summed E-state index contributed by atoms with van der Waals surface area (Å²) in [6, 6.07) is 1.99. The zero-order valence-corrected chi connectivity index (χ0v) is 10.0. The number of hydrogen-bond donors (Lipinski definition) is 0. The van der Waals surface area contributed by atoms with Gasteiger partial charge in [-0.25, -0.2) is 9.97 Å². The number of nitrogens with zero attached hydrogens (tertiary/aromatic N) is 2. The van der Waals surface area contributed by atoms with Gasteiger partial charge in [-0.1, -0.05) is 11.6 Å². The molecular formula is C9H8Cl2N2S. The van der Waals surface area contributed by atoms with Crippen molar-refractivity contribution in [2.75, 3.05) is 0 Å². The summed E-state index contributed by atoms with van der Waals surface area (Å²) < 4.78 is 0. The lowest BCUT2D eigenvalue weighted by molar-refractivity contribution is 0.931. The van der Waals surface area contributed by atoms with E-state index in [4.69, 9.17) is 23.2 Å². The quantitative estimate of drug-likeness (QED) is 0.563. The monoisotopic (exact) mass is 246 g/mol. The van der Waals surface area contributed by atoms with Crippen LogP contribution in [0.2, 0.25) is 5.15 Å². The van der Waals surface area contributed by atoms with E-state index in [-0.39, 0.29) is 5.38 Å². The minimum atomic E-state index is -0.209. The smallest absolute Gasteiger partial charge is 0.149 e. The highest BCUT2D eigenvalue weighted by Gasteiger charge is 2.11. The van der Waals surface area contributed by atoms with Crippen LogP contribution in [-0.2, 0) is 0 Å². The molecule has 0 amide bonds. The molecule has 0 saturated heterocycles. The van der Waals surface area contributed by atoms with E-state index >= 15 is 0 Å². The Morgan fingerprint density at radius 2 is 2.14 bits per heavy atom. The van der Waals surface area contributed by atoms with Crippen LogP contribution in [0.25, 0.3) is 10.2 Å². The Balaban J connectivity index is 2.71. The van der Waals surface area contributed by atoms with Crippen LogP contribution < -0.4 is 0 Å². The minimum absolute atomic E-state index is 0.209. The van der Waals surface area contributed by atoms with Gasteiger partial charge in [0.15, 0.2) is 0 Å². The third-order valence-corrected chi connectivity index (χ3v) is 3.27. The summed E-state index contributed by atoms with van der Waals surface area (Å²) in [6.07, 6.45) is 0. The Bertz CT molecular complexity index is 479. The molecule has 2 aromatic heterocycles. The zero-order valence-electron chi connectivity index (χ0n) is 7.71. The molecule has 0 aliphatic heterocycles. The van der Waals surface area contributed by atoms with Gasteiger partial charge in [-0.2, -0.15) is 0 Å². The topological polar surface area (TPSA) is 25.8 Å². The number of rotatable bonds is 1. The van der Waals surface area contributed by atoms with Crippen molar-refractivity contribution in [1.82, 2.24) is 9.97 Å². The average Bonchev–Trinajstić information content (AvgIpc) is 2.45. The summed E-state index contributed by atoms with van der Waals surface area (Å²) in [6.45, 7) is 3.85. The Kier molecular flexibility index (Phi) is 2.64. The summed E-state index contributed by atoms with van der Waals surface area (Å²) in [7, 11) is 0. The molecule has 2 nitrogen and oxygen atoms in total. The molecule has 1 unspecified atom stereocenters. The van der Waals surface area contributed by atoms with Crippen molar-refractivity contribution in [1.29, 1.82) is 0 Å². The van der Waals surface area contributed by atoms with E-state index in [9.17, 15) is 0 Å². The summed E-state index contributed by atoms with van der Waals surface area (Å²) in [4.78, 5) is 10.6. The summed E-state index contributed by atoms with van der Waals surface area (Å²) in [5.41, 5.74) is 0. The van der Waals surface area contributed by atoms with Gasteiger partial charge in [0.25, 0.3) is 0 Å². The number of alkyl halides is 1. The predicted octanol–water partition coefficient (Wildman–Crippen LogP) is 3.95. The van der Waals surface area contributed by atoms with Crippen LogP contribution in [-0.4, -0.2) is 9.97 Å². The molecule has 0 N–H and O–H groups in total. The maximum atomic E-state index is 6.02. The number of aromatic nitrogens is 2. The van der Waals surface area contributed by atoms with Gasteiger partial charge in [0.1, 0.15) is 15.8 Å². The van der Waals surface area contributed by atoms with Crippen LogP contribution in [0.4, 0.5) is 0 Å². The molecular weight excluding hydrogens is 239 g/mol. The number of hydrogen-bond acceptors (Lipinski definition) is 3. The molecule has 0 aliphatic rings. The van der Waals surface area contributed by atoms with Gasteiger partial charge in [0.2, 0.25) is 0 Å². The number of aryl methyl sites for hydroxylation is 1. The molecule has 0 fully saturated rings. The molecule has 2 aromatic rings. The molecule has 0 spiro atoms. The van der Waals surface area contributed by atoms with Crippen molar-refractivity contribution in [3.8, 4) is 0 Å². The lowest BCUT2D eigenvalue weighted by Gasteiger charge is -2.01. The van der Waals surface area contributed by atoms with E-state index in [0.717, 1.165) is 10.2 Å². The lowest BCUT2D eigenvalue weighted by atomic mass is 10.3. The van der Waals surface area contributed by atoms with Crippen molar-refractivity contribution in [3.05, 3.63) is 21.9 Å². The SMILES string of the molecule is Cc1cc2c(Cl)nc(C(C)Cl)nc2s1. The van der Waals surface area contributed by atoms with E-state index < -0.39 is 0 Å². The van der Waals surface area contributed by atoms with E-state index in [0.29, 0.717) is 11.0 Å². The first-order valence-corrected chi connectivity index (χ1v) is 5.78. The molecule has 1 atom stereocenters. The third-order valence-electron chi connectivity index (χ3n) is 1.84. The maximum absolute atomic E-state index is 6.02. The third kappa shape index (κ3) is 1.72. The Labute approximate surface area is 95.9 Å². The van der Waals surface area contributed by atoms with E-state index in [1.807, 2.05) is 19.9 Å². The van der Waals surface area contributed by atoms with Crippen LogP contribution in [0.5, 0.6) is 0 Å². The van der Waals surface area contributed by atoms with Crippen molar-refractivity contribution >= 4 is 44.8 Å². The predicted molar refractivity (Wildman–Crippen MR) is 61.4 cm³/mol. The molecule has 2 rings (SSSR count). The van der Waals surface area contributed by atoms with Gasteiger partial charge in [-0.05, 0) is 19.9 Å². The first kappa shape index (κ1) is 10.1. The van der Waals surface area contributed by atoms with E-state index in [1.54, 1.807) is 11.3 Å². The normalized spacial score (nSPS) is 13.4. The van der Waals surface area contributed by atoms with Crippen molar-refractivity contribution in [3.63, 3.8) is 0 Å². The van der Waals surface area contributed by atoms with Crippen LogP contribution in [0.1, 0.15) is 23.0 Å². The Hall–Kier alpha value is -0.380. The largest absolute Gasteiger partial charge is 0.220 e. The van der Waals surface area contributed by atoms with E-state index in [2.05, 4.69) is 9.97 Å². The van der Waals surface area contributed by atoms with Crippen LogP contribution >= 0.6 is 34.5 Å². The molecule has 5 heteroatoms. The molecule has 0 bridgehead atoms. The van der Waals surface area contributed by atoms with Gasteiger partial charge in [-0.3, -0.25) is 0 Å².